The van der Waals surface area contributed by atoms with Crippen LogP contribution in [-0.4, -0.2) is 36.4 Å². The molecular weight excluding hydrogens is 286 g/mol. The highest BCUT2D eigenvalue weighted by molar-refractivity contribution is 5.87. The third-order valence-corrected chi connectivity index (χ3v) is 4.13. The van der Waals surface area contributed by atoms with Crippen molar-refractivity contribution in [2.45, 2.75) is 31.7 Å². The van der Waals surface area contributed by atoms with Gasteiger partial charge in [-0.25, -0.2) is 8.78 Å². The fourth-order valence-electron chi connectivity index (χ4n) is 2.76. The molecular formula is C17H22F2N2O. The van der Waals surface area contributed by atoms with Crippen LogP contribution in [0.15, 0.2) is 30.4 Å². The Kier molecular flexibility index (Phi) is 5.29. The third-order valence-electron chi connectivity index (χ3n) is 4.13. The van der Waals surface area contributed by atoms with Crippen LogP contribution in [0.25, 0.3) is 0 Å². The Hall–Kier alpha value is -1.75. The molecule has 1 N–H and O–H groups in total. The Bertz CT molecular complexity index is 564. The summed E-state index contributed by atoms with van der Waals surface area (Å²) in [5.74, 6) is -1.69. The van der Waals surface area contributed by atoms with Crippen LogP contribution in [0.3, 0.4) is 0 Å². The van der Waals surface area contributed by atoms with E-state index in [4.69, 9.17) is 0 Å². The number of hydrogen-bond acceptors (Lipinski definition) is 3. The molecule has 1 fully saturated rings. The summed E-state index contributed by atoms with van der Waals surface area (Å²) in [5.41, 5.74) is 0.336. The van der Waals surface area contributed by atoms with Gasteiger partial charge >= 0.3 is 0 Å². The number of halogens is 2. The van der Waals surface area contributed by atoms with Crippen LogP contribution >= 0.6 is 0 Å². The summed E-state index contributed by atoms with van der Waals surface area (Å²) in [4.78, 5) is 13.3. The molecule has 0 amide bonds. The van der Waals surface area contributed by atoms with Crippen molar-refractivity contribution < 1.29 is 13.6 Å². The number of nitrogens with one attached hydrogen (secondary N) is 1. The summed E-state index contributed by atoms with van der Waals surface area (Å²) in [5, 5.41) is 3.36. The highest BCUT2D eigenvalue weighted by Crippen LogP contribution is 2.30. The van der Waals surface area contributed by atoms with Crippen LogP contribution in [0.5, 0.6) is 0 Å². The zero-order valence-corrected chi connectivity index (χ0v) is 13.0. The van der Waals surface area contributed by atoms with Crippen molar-refractivity contribution >= 4 is 11.5 Å². The van der Waals surface area contributed by atoms with Crippen molar-refractivity contribution in [1.82, 2.24) is 4.90 Å². The highest BCUT2D eigenvalue weighted by Gasteiger charge is 2.32. The number of benzene rings is 1. The molecule has 3 nitrogen and oxygen atoms in total. The van der Waals surface area contributed by atoms with Crippen molar-refractivity contribution in [3.8, 4) is 0 Å². The fourth-order valence-corrected chi connectivity index (χ4v) is 2.76. The molecule has 0 bridgehead atoms. The molecule has 0 unspecified atom stereocenters. The first-order chi connectivity index (χ1) is 10.4. The summed E-state index contributed by atoms with van der Waals surface area (Å²) in [6.45, 7) is 3.36. The first-order valence-corrected chi connectivity index (χ1v) is 7.49. The summed E-state index contributed by atoms with van der Waals surface area (Å²) in [7, 11) is 2.06. The van der Waals surface area contributed by atoms with Crippen molar-refractivity contribution in [2.75, 3.05) is 25.5 Å². The number of piperidine rings is 1. The van der Waals surface area contributed by atoms with E-state index in [0.717, 1.165) is 32.0 Å². The minimum absolute atomic E-state index is 0.0101. The standard InChI is InChI=1S/C17H22F2N2O/c1-13(22)4-3-7-17(8-10-21(2)11-9-17)20-14-5-6-15(18)16(19)12-14/h3-6,12,20H,7-11H2,1-2H3/b4-3+. The molecule has 0 atom stereocenters. The highest BCUT2D eigenvalue weighted by atomic mass is 19.2. The van der Waals surface area contributed by atoms with Crippen molar-refractivity contribution in [1.29, 1.82) is 0 Å². The number of likely N-dealkylation sites (tertiary alicyclic amines) is 1. The van der Waals surface area contributed by atoms with Crippen molar-refractivity contribution in [3.05, 3.63) is 42.0 Å². The van der Waals surface area contributed by atoms with Crippen LogP contribution in [0.4, 0.5) is 14.5 Å². The molecule has 1 aromatic rings. The number of hydrogen-bond donors (Lipinski definition) is 1. The first kappa shape index (κ1) is 16.6. The maximum absolute atomic E-state index is 13.4. The van der Waals surface area contributed by atoms with Gasteiger partial charge in [0, 0.05) is 30.4 Å². The lowest BCUT2D eigenvalue weighted by molar-refractivity contribution is -0.112. The van der Waals surface area contributed by atoms with E-state index in [1.165, 1.54) is 13.0 Å². The Morgan fingerprint density at radius 1 is 1.32 bits per heavy atom. The van der Waals surface area contributed by atoms with Crippen molar-refractivity contribution in [2.24, 2.45) is 0 Å². The largest absolute Gasteiger partial charge is 0.379 e. The second-order valence-electron chi connectivity index (χ2n) is 6.05. The van der Waals surface area contributed by atoms with Crippen LogP contribution < -0.4 is 5.32 Å². The van der Waals surface area contributed by atoms with Gasteiger partial charge < -0.3 is 10.2 Å². The summed E-state index contributed by atoms with van der Waals surface area (Å²) in [6.07, 6.45) is 5.86. The van der Waals surface area contributed by atoms with E-state index in [9.17, 15) is 13.6 Å². The molecule has 1 aliphatic heterocycles. The van der Waals surface area contributed by atoms with Crippen molar-refractivity contribution in [3.63, 3.8) is 0 Å². The van der Waals surface area contributed by atoms with E-state index < -0.39 is 11.6 Å². The lowest BCUT2D eigenvalue weighted by atomic mass is 9.84. The summed E-state index contributed by atoms with van der Waals surface area (Å²) >= 11 is 0. The number of anilines is 1. The Morgan fingerprint density at radius 3 is 2.59 bits per heavy atom. The Morgan fingerprint density at radius 2 is 2.00 bits per heavy atom. The fraction of sp³-hybridized carbons (Fsp3) is 0.471. The Labute approximate surface area is 130 Å². The van der Waals surface area contributed by atoms with E-state index in [0.29, 0.717) is 12.1 Å². The van der Waals surface area contributed by atoms with Crippen LogP contribution in [0.2, 0.25) is 0 Å². The molecule has 0 spiro atoms. The summed E-state index contributed by atoms with van der Waals surface area (Å²) in [6, 6.07) is 3.86. The van der Waals surface area contributed by atoms with Crippen LogP contribution in [0, 0.1) is 11.6 Å². The normalized spacial score (nSPS) is 18.5. The van der Waals surface area contributed by atoms with Gasteiger partial charge in [0.15, 0.2) is 17.4 Å². The smallest absolute Gasteiger partial charge is 0.160 e. The molecule has 5 heteroatoms. The molecule has 1 aromatic carbocycles. The van der Waals surface area contributed by atoms with E-state index in [-0.39, 0.29) is 11.3 Å². The van der Waals surface area contributed by atoms with Gasteiger partial charge in [-0.15, -0.1) is 0 Å². The van der Waals surface area contributed by atoms with Gasteiger partial charge in [-0.05, 0) is 51.4 Å². The van der Waals surface area contributed by atoms with Gasteiger partial charge in [0.05, 0.1) is 0 Å². The van der Waals surface area contributed by atoms with E-state index in [1.54, 1.807) is 12.1 Å². The minimum Gasteiger partial charge on any atom is -0.379 e. The van der Waals surface area contributed by atoms with Gasteiger partial charge in [0.1, 0.15) is 0 Å². The molecule has 1 heterocycles. The Balaban J connectivity index is 2.16. The molecule has 2 rings (SSSR count). The van der Waals surface area contributed by atoms with Crippen LogP contribution in [0.1, 0.15) is 26.2 Å². The lowest BCUT2D eigenvalue weighted by Crippen LogP contribution is -2.48. The third kappa shape index (κ3) is 4.37. The minimum atomic E-state index is -0.854. The average Bonchev–Trinajstić information content (AvgIpc) is 2.46. The molecule has 0 aliphatic carbocycles. The van der Waals surface area contributed by atoms with Gasteiger partial charge in [0.25, 0.3) is 0 Å². The SMILES string of the molecule is CC(=O)/C=C/CC1(Nc2ccc(F)c(F)c2)CCN(C)CC1. The number of ketones is 1. The van der Waals surface area contributed by atoms with E-state index >= 15 is 0 Å². The number of nitrogens with zero attached hydrogens (tertiary/aromatic N) is 1. The second kappa shape index (κ2) is 7.01. The predicted molar refractivity (Wildman–Crippen MR) is 83.9 cm³/mol. The monoisotopic (exact) mass is 308 g/mol. The molecule has 0 aromatic heterocycles. The van der Waals surface area contributed by atoms with Crippen LogP contribution in [-0.2, 0) is 4.79 Å². The lowest BCUT2D eigenvalue weighted by Gasteiger charge is -2.41. The number of carbonyl (C=O) groups is 1. The number of allylic oxidation sites excluding steroid dienone is 1. The predicted octanol–water partition coefficient (Wildman–Crippen LogP) is 3.38. The molecule has 22 heavy (non-hydrogen) atoms. The second-order valence-corrected chi connectivity index (χ2v) is 6.05. The maximum atomic E-state index is 13.4. The van der Waals surface area contributed by atoms with Gasteiger partial charge in [-0.1, -0.05) is 6.08 Å². The zero-order chi connectivity index (χ0) is 16.2. The van der Waals surface area contributed by atoms with E-state index in [2.05, 4.69) is 17.3 Å². The molecule has 0 radical (unpaired) electrons. The van der Waals surface area contributed by atoms with Gasteiger partial charge in [0.2, 0.25) is 0 Å². The molecule has 1 aliphatic rings. The summed E-state index contributed by atoms with van der Waals surface area (Å²) < 4.78 is 26.5. The quantitative estimate of drug-likeness (QED) is 0.846. The molecule has 1 saturated heterocycles. The van der Waals surface area contributed by atoms with Gasteiger partial charge in [-0.3, -0.25) is 4.79 Å². The molecule has 120 valence electrons. The number of carbonyl (C=O) groups excluding carboxylic acids is 1. The van der Waals surface area contributed by atoms with Gasteiger partial charge in [-0.2, -0.15) is 0 Å². The topological polar surface area (TPSA) is 32.3 Å². The average molecular weight is 308 g/mol. The molecule has 0 saturated carbocycles. The maximum Gasteiger partial charge on any atom is 0.160 e. The first-order valence-electron chi connectivity index (χ1n) is 7.49. The zero-order valence-electron chi connectivity index (χ0n) is 13.0. The number of rotatable bonds is 5. The van der Waals surface area contributed by atoms with E-state index in [1.807, 2.05) is 6.08 Å².